The van der Waals surface area contributed by atoms with E-state index in [2.05, 4.69) is 0 Å². The first-order valence-corrected chi connectivity index (χ1v) is 5.73. The van der Waals surface area contributed by atoms with Crippen molar-refractivity contribution in [2.45, 2.75) is 25.8 Å². The van der Waals surface area contributed by atoms with Crippen molar-refractivity contribution in [3.05, 3.63) is 23.3 Å². The molecule has 0 aliphatic heterocycles. The molecule has 0 radical (unpaired) electrons. The maximum absolute atomic E-state index is 8.84. The molecular weight excluding hydrogens is 218 g/mol. The molecule has 0 unspecified atom stereocenters. The summed E-state index contributed by atoms with van der Waals surface area (Å²) in [5.41, 5.74) is 8.05. The molecule has 0 saturated carbocycles. The highest BCUT2D eigenvalue weighted by Crippen LogP contribution is 2.36. The lowest BCUT2D eigenvalue weighted by Gasteiger charge is -2.19. The van der Waals surface area contributed by atoms with E-state index in [1.165, 1.54) is 0 Å². The number of benzene rings is 1. The van der Waals surface area contributed by atoms with Crippen LogP contribution in [0, 0.1) is 6.92 Å². The summed E-state index contributed by atoms with van der Waals surface area (Å²) < 4.78 is 10.7. The van der Waals surface area contributed by atoms with Gasteiger partial charge in [0.15, 0.2) is 0 Å². The molecule has 1 aromatic carbocycles. The first-order valence-electron chi connectivity index (χ1n) is 5.73. The third kappa shape index (κ3) is 3.35. The molecule has 0 aliphatic carbocycles. The van der Waals surface area contributed by atoms with Crippen LogP contribution in [0.2, 0.25) is 0 Å². The third-order valence-corrected chi connectivity index (χ3v) is 2.73. The fourth-order valence-corrected chi connectivity index (χ4v) is 1.89. The third-order valence-electron chi connectivity index (χ3n) is 2.73. The molecule has 1 atom stereocenters. The fourth-order valence-electron chi connectivity index (χ4n) is 1.89. The summed E-state index contributed by atoms with van der Waals surface area (Å²) in [4.78, 5) is 0. The van der Waals surface area contributed by atoms with Gasteiger partial charge in [0.25, 0.3) is 0 Å². The second-order valence-electron chi connectivity index (χ2n) is 4.06. The van der Waals surface area contributed by atoms with E-state index in [0.29, 0.717) is 12.8 Å². The van der Waals surface area contributed by atoms with Crippen molar-refractivity contribution in [3.8, 4) is 11.5 Å². The average molecular weight is 239 g/mol. The normalized spacial score (nSPS) is 12.3. The highest BCUT2D eigenvalue weighted by Gasteiger charge is 2.17. The molecule has 3 N–H and O–H groups in total. The van der Waals surface area contributed by atoms with Gasteiger partial charge in [-0.2, -0.15) is 0 Å². The zero-order valence-corrected chi connectivity index (χ0v) is 10.7. The second kappa shape index (κ2) is 6.47. The molecule has 0 bridgehead atoms. The summed E-state index contributed by atoms with van der Waals surface area (Å²) in [7, 11) is 3.24. The van der Waals surface area contributed by atoms with E-state index in [1.54, 1.807) is 14.2 Å². The number of ether oxygens (including phenoxy) is 2. The van der Waals surface area contributed by atoms with E-state index in [0.717, 1.165) is 22.6 Å². The summed E-state index contributed by atoms with van der Waals surface area (Å²) in [6.45, 7) is 2.12. The number of hydrogen-bond acceptors (Lipinski definition) is 4. The first kappa shape index (κ1) is 13.8. The predicted molar refractivity (Wildman–Crippen MR) is 67.5 cm³/mol. The van der Waals surface area contributed by atoms with Crippen molar-refractivity contribution in [2.75, 3.05) is 20.8 Å². The number of methoxy groups -OCH3 is 2. The molecule has 0 aliphatic rings. The summed E-state index contributed by atoms with van der Waals surface area (Å²) in [5, 5.41) is 8.84. The van der Waals surface area contributed by atoms with Crippen molar-refractivity contribution in [1.29, 1.82) is 0 Å². The van der Waals surface area contributed by atoms with Gasteiger partial charge < -0.3 is 20.3 Å². The van der Waals surface area contributed by atoms with Crippen LogP contribution in [0.1, 0.15) is 30.0 Å². The van der Waals surface area contributed by atoms with E-state index in [-0.39, 0.29) is 12.6 Å². The second-order valence-corrected chi connectivity index (χ2v) is 4.06. The van der Waals surface area contributed by atoms with Gasteiger partial charge in [0.1, 0.15) is 11.5 Å². The summed E-state index contributed by atoms with van der Waals surface area (Å²) in [5.74, 6) is 1.49. The quantitative estimate of drug-likeness (QED) is 0.794. The van der Waals surface area contributed by atoms with Gasteiger partial charge >= 0.3 is 0 Å². The maximum atomic E-state index is 8.84. The van der Waals surface area contributed by atoms with E-state index >= 15 is 0 Å². The highest BCUT2D eigenvalue weighted by atomic mass is 16.5. The Morgan fingerprint density at radius 2 is 1.76 bits per heavy atom. The Bertz CT molecular complexity index is 341. The molecule has 17 heavy (non-hydrogen) atoms. The maximum Gasteiger partial charge on any atom is 0.127 e. The van der Waals surface area contributed by atoms with Crippen LogP contribution < -0.4 is 15.2 Å². The molecule has 0 fully saturated rings. The number of nitrogens with two attached hydrogens (primary N) is 1. The van der Waals surface area contributed by atoms with Crippen LogP contribution in [0.15, 0.2) is 12.1 Å². The molecule has 96 valence electrons. The Balaban J connectivity index is 3.09. The summed E-state index contributed by atoms with van der Waals surface area (Å²) in [6.07, 6.45) is 1.37. The minimum Gasteiger partial charge on any atom is -0.496 e. The van der Waals surface area contributed by atoms with Crippen molar-refractivity contribution in [3.63, 3.8) is 0 Å². The fraction of sp³-hybridized carbons (Fsp3) is 0.538. The van der Waals surface area contributed by atoms with Gasteiger partial charge in [-0.3, -0.25) is 0 Å². The smallest absolute Gasteiger partial charge is 0.127 e. The minimum atomic E-state index is -0.187. The van der Waals surface area contributed by atoms with E-state index in [1.807, 2.05) is 19.1 Å². The molecular formula is C13H21NO3. The zero-order chi connectivity index (χ0) is 12.8. The topological polar surface area (TPSA) is 64.7 Å². The number of aryl methyl sites for hydroxylation is 1. The standard InChI is InChI=1S/C13H21NO3/c1-9-7-11(16-2)13(12(8-9)17-3)10(14)5-4-6-15/h7-8,10,15H,4-6,14H2,1-3H3/t10-/m1/s1. The largest absolute Gasteiger partial charge is 0.496 e. The van der Waals surface area contributed by atoms with Crippen molar-refractivity contribution in [2.24, 2.45) is 5.73 Å². The molecule has 0 saturated heterocycles. The van der Waals surface area contributed by atoms with Gasteiger partial charge in [-0.25, -0.2) is 0 Å². The molecule has 1 rings (SSSR count). The van der Waals surface area contributed by atoms with Crippen LogP contribution in [0.5, 0.6) is 11.5 Å². The Hall–Kier alpha value is -1.26. The molecule has 0 aromatic heterocycles. The average Bonchev–Trinajstić information content (AvgIpc) is 2.34. The van der Waals surface area contributed by atoms with E-state index in [4.69, 9.17) is 20.3 Å². The molecule has 0 heterocycles. The monoisotopic (exact) mass is 239 g/mol. The minimum absolute atomic E-state index is 0.143. The van der Waals surface area contributed by atoms with Gasteiger partial charge in [-0.05, 0) is 37.5 Å². The molecule has 0 spiro atoms. The number of rotatable bonds is 6. The predicted octanol–water partition coefficient (Wildman–Crippen LogP) is 1.78. The van der Waals surface area contributed by atoms with Gasteiger partial charge in [-0.1, -0.05) is 0 Å². The van der Waals surface area contributed by atoms with Crippen LogP contribution >= 0.6 is 0 Å². The highest BCUT2D eigenvalue weighted by molar-refractivity contribution is 5.49. The van der Waals surface area contributed by atoms with Gasteiger partial charge in [-0.15, -0.1) is 0 Å². The van der Waals surface area contributed by atoms with Gasteiger partial charge in [0, 0.05) is 12.6 Å². The SMILES string of the molecule is COc1cc(C)cc(OC)c1[C@H](N)CCCO. The number of hydrogen-bond donors (Lipinski definition) is 2. The first-order chi connectivity index (χ1) is 8.13. The van der Waals surface area contributed by atoms with Crippen LogP contribution in [-0.2, 0) is 0 Å². The molecule has 4 heteroatoms. The van der Waals surface area contributed by atoms with Gasteiger partial charge in [0.2, 0.25) is 0 Å². The van der Waals surface area contributed by atoms with Crippen molar-refractivity contribution >= 4 is 0 Å². The number of aliphatic hydroxyl groups excluding tert-OH is 1. The summed E-state index contributed by atoms with van der Waals surface area (Å²) >= 11 is 0. The molecule has 1 aromatic rings. The molecule has 0 amide bonds. The lowest BCUT2D eigenvalue weighted by atomic mass is 9.99. The molecule has 4 nitrogen and oxygen atoms in total. The zero-order valence-electron chi connectivity index (χ0n) is 10.7. The van der Waals surface area contributed by atoms with Crippen LogP contribution in [0.4, 0.5) is 0 Å². The van der Waals surface area contributed by atoms with Crippen LogP contribution in [0.3, 0.4) is 0 Å². The number of aliphatic hydroxyl groups is 1. The Kier molecular flexibility index (Phi) is 5.25. The van der Waals surface area contributed by atoms with Crippen molar-refractivity contribution < 1.29 is 14.6 Å². The van der Waals surface area contributed by atoms with Crippen LogP contribution in [0.25, 0.3) is 0 Å². The van der Waals surface area contributed by atoms with Gasteiger partial charge in [0.05, 0.1) is 19.8 Å². The lowest BCUT2D eigenvalue weighted by Crippen LogP contribution is -2.13. The Morgan fingerprint density at radius 1 is 1.24 bits per heavy atom. The Labute approximate surface area is 102 Å². The van der Waals surface area contributed by atoms with E-state index < -0.39 is 0 Å². The summed E-state index contributed by atoms with van der Waals surface area (Å²) in [6, 6.07) is 3.69. The Morgan fingerprint density at radius 3 is 2.18 bits per heavy atom. The van der Waals surface area contributed by atoms with Crippen LogP contribution in [-0.4, -0.2) is 25.9 Å². The van der Waals surface area contributed by atoms with Crippen molar-refractivity contribution in [1.82, 2.24) is 0 Å². The lowest BCUT2D eigenvalue weighted by molar-refractivity contribution is 0.278. The van der Waals surface area contributed by atoms with E-state index in [9.17, 15) is 0 Å².